The summed E-state index contributed by atoms with van der Waals surface area (Å²) in [5.74, 6) is 0.263. The van der Waals surface area contributed by atoms with Gasteiger partial charge in [0.1, 0.15) is 17.3 Å². The van der Waals surface area contributed by atoms with Gasteiger partial charge in [-0.25, -0.2) is 18.1 Å². The summed E-state index contributed by atoms with van der Waals surface area (Å²) in [5.41, 5.74) is 1.06. The van der Waals surface area contributed by atoms with E-state index in [4.69, 9.17) is 4.74 Å². The molecule has 36 heavy (non-hydrogen) atoms. The Morgan fingerprint density at radius 2 is 1.94 bits per heavy atom. The number of carbonyl (C=O) groups is 1. The highest BCUT2D eigenvalue weighted by atomic mass is 32.2. The second kappa shape index (κ2) is 9.91. The zero-order valence-corrected chi connectivity index (χ0v) is 21.5. The van der Waals surface area contributed by atoms with Gasteiger partial charge in [-0.3, -0.25) is 4.79 Å². The van der Waals surface area contributed by atoms with Crippen molar-refractivity contribution < 1.29 is 23.1 Å². The number of nitrogens with zero attached hydrogens (tertiary/aromatic N) is 6. The maximum absolute atomic E-state index is 13.3. The molecule has 192 valence electrons. The van der Waals surface area contributed by atoms with E-state index in [1.807, 2.05) is 13.8 Å². The molecule has 0 fully saturated rings. The summed E-state index contributed by atoms with van der Waals surface area (Å²) in [4.78, 5) is 17.9. The van der Waals surface area contributed by atoms with Gasteiger partial charge < -0.3 is 15.2 Å². The van der Waals surface area contributed by atoms with Gasteiger partial charge in [-0.2, -0.15) is 4.31 Å². The van der Waals surface area contributed by atoms with E-state index in [0.29, 0.717) is 22.8 Å². The van der Waals surface area contributed by atoms with Gasteiger partial charge in [0, 0.05) is 12.6 Å². The molecule has 0 saturated carbocycles. The number of carbonyl (C=O) groups excluding carboxylic acids is 1. The minimum Gasteiger partial charge on any atom is -0.490 e. The zero-order chi connectivity index (χ0) is 26.2. The van der Waals surface area contributed by atoms with Crippen molar-refractivity contribution >= 4 is 21.7 Å². The molecule has 13 heteroatoms. The van der Waals surface area contributed by atoms with E-state index in [1.54, 1.807) is 45.0 Å². The highest BCUT2D eigenvalue weighted by Gasteiger charge is 2.38. The van der Waals surface area contributed by atoms with Crippen molar-refractivity contribution in [3.8, 4) is 17.3 Å². The van der Waals surface area contributed by atoms with E-state index in [2.05, 4.69) is 25.8 Å². The summed E-state index contributed by atoms with van der Waals surface area (Å²) >= 11 is 0. The standard InChI is InChI=1S/C23H29N7O5S/c1-13(2)29-11-16-9-19(35-14(3)4)17(10-20(16)36(29,33)34)23(32)25-21-8-6-7-18(24-21)22-26-27-28-30(22)15(5)12-31/h6-10,13-15,31H,11-12H2,1-5H3,(H,24,25,32). The molecule has 1 unspecified atom stereocenters. The van der Waals surface area contributed by atoms with Gasteiger partial charge >= 0.3 is 0 Å². The van der Waals surface area contributed by atoms with Crippen LogP contribution < -0.4 is 10.1 Å². The Hall–Kier alpha value is -3.42. The first-order valence-electron chi connectivity index (χ1n) is 11.6. The van der Waals surface area contributed by atoms with Crippen molar-refractivity contribution in [2.45, 2.75) is 64.2 Å². The molecule has 3 heterocycles. The first-order valence-corrected chi connectivity index (χ1v) is 13.0. The van der Waals surface area contributed by atoms with Crippen molar-refractivity contribution in [2.24, 2.45) is 0 Å². The third kappa shape index (κ3) is 4.81. The molecule has 1 aliphatic rings. The number of amides is 1. The number of rotatable bonds is 8. The molecule has 12 nitrogen and oxygen atoms in total. The normalized spacial score (nSPS) is 15.8. The van der Waals surface area contributed by atoms with Gasteiger partial charge in [-0.05, 0) is 74.9 Å². The number of benzene rings is 1. The largest absolute Gasteiger partial charge is 0.490 e. The van der Waals surface area contributed by atoms with Crippen molar-refractivity contribution in [1.29, 1.82) is 0 Å². The molecule has 2 N–H and O–H groups in total. The molecule has 3 aromatic rings. The van der Waals surface area contributed by atoms with Gasteiger partial charge in [0.15, 0.2) is 0 Å². The molecule has 0 saturated heterocycles. The Balaban J connectivity index is 1.69. The lowest BCUT2D eigenvalue weighted by Gasteiger charge is -2.18. The van der Waals surface area contributed by atoms with Crippen molar-refractivity contribution in [3.63, 3.8) is 0 Å². The molecule has 2 aromatic heterocycles. The fraction of sp³-hybridized carbons (Fsp3) is 0.435. The summed E-state index contributed by atoms with van der Waals surface area (Å²) in [6.07, 6.45) is -0.234. The van der Waals surface area contributed by atoms with Gasteiger partial charge in [0.05, 0.1) is 29.2 Å². The fourth-order valence-electron chi connectivity index (χ4n) is 3.88. The Morgan fingerprint density at radius 1 is 1.19 bits per heavy atom. The molecule has 1 aromatic carbocycles. The van der Waals surface area contributed by atoms with Crippen LogP contribution in [0, 0.1) is 0 Å². The summed E-state index contributed by atoms with van der Waals surface area (Å²) in [5, 5.41) is 23.7. The number of sulfonamides is 1. The number of ether oxygens (including phenoxy) is 1. The van der Waals surface area contributed by atoms with E-state index in [-0.39, 0.29) is 47.6 Å². The van der Waals surface area contributed by atoms with Gasteiger partial charge in [0.2, 0.25) is 15.8 Å². The van der Waals surface area contributed by atoms with Gasteiger partial charge in [-0.1, -0.05) is 6.07 Å². The number of nitrogens with one attached hydrogen (secondary N) is 1. The van der Waals surface area contributed by atoms with E-state index in [9.17, 15) is 18.3 Å². The van der Waals surface area contributed by atoms with E-state index in [1.165, 1.54) is 15.1 Å². The van der Waals surface area contributed by atoms with Crippen LogP contribution in [0.3, 0.4) is 0 Å². The number of fused-ring (bicyclic) bond motifs is 1. The van der Waals surface area contributed by atoms with Crippen LogP contribution in [0.4, 0.5) is 5.82 Å². The third-order valence-corrected chi connectivity index (χ3v) is 7.76. The van der Waals surface area contributed by atoms with Crippen LogP contribution in [0.25, 0.3) is 11.5 Å². The Morgan fingerprint density at radius 3 is 2.61 bits per heavy atom. The van der Waals surface area contributed by atoms with E-state index in [0.717, 1.165) is 0 Å². The van der Waals surface area contributed by atoms with Crippen molar-refractivity contribution in [2.75, 3.05) is 11.9 Å². The average Bonchev–Trinajstić information content (AvgIpc) is 3.40. The Bertz CT molecular complexity index is 1390. The number of pyridine rings is 1. The Kier molecular flexibility index (Phi) is 7.07. The molecular formula is C23H29N7O5S. The smallest absolute Gasteiger partial charge is 0.260 e. The van der Waals surface area contributed by atoms with Crippen LogP contribution in [0.5, 0.6) is 5.75 Å². The number of hydrogen-bond acceptors (Lipinski definition) is 9. The fourth-order valence-corrected chi connectivity index (χ4v) is 5.72. The molecule has 4 rings (SSSR count). The van der Waals surface area contributed by atoms with Crippen LogP contribution in [0.1, 0.15) is 56.6 Å². The van der Waals surface area contributed by atoms with Crippen molar-refractivity contribution in [3.05, 3.63) is 41.5 Å². The third-order valence-electron chi connectivity index (χ3n) is 5.65. The predicted molar refractivity (Wildman–Crippen MR) is 131 cm³/mol. The summed E-state index contributed by atoms with van der Waals surface area (Å²) in [6.45, 7) is 9.07. The minimum absolute atomic E-state index is 0.0857. The van der Waals surface area contributed by atoms with E-state index >= 15 is 0 Å². The molecule has 0 bridgehead atoms. The SMILES string of the molecule is CC(C)Oc1cc2c(cc1C(=O)Nc1cccc(-c3nnnn3C(C)CO)n1)S(=O)(=O)N(C(C)C)C2. The second-order valence-electron chi connectivity index (χ2n) is 9.11. The predicted octanol–water partition coefficient (Wildman–Crippen LogP) is 2.24. The second-order valence-corrected chi connectivity index (χ2v) is 11.0. The molecule has 0 aliphatic carbocycles. The zero-order valence-electron chi connectivity index (χ0n) is 20.7. The number of aliphatic hydroxyl groups excluding tert-OH is 1. The minimum atomic E-state index is -3.73. The van der Waals surface area contributed by atoms with Crippen molar-refractivity contribution in [1.82, 2.24) is 29.5 Å². The highest BCUT2D eigenvalue weighted by molar-refractivity contribution is 7.89. The topological polar surface area (TPSA) is 152 Å². The van der Waals surface area contributed by atoms with E-state index < -0.39 is 15.9 Å². The van der Waals surface area contributed by atoms with Crippen LogP contribution >= 0.6 is 0 Å². The average molecular weight is 516 g/mol. The van der Waals surface area contributed by atoms with Crippen LogP contribution in [0.2, 0.25) is 0 Å². The first-order chi connectivity index (χ1) is 17.0. The lowest BCUT2D eigenvalue weighted by molar-refractivity contribution is 0.102. The highest BCUT2D eigenvalue weighted by Crippen LogP contribution is 2.37. The number of hydrogen-bond donors (Lipinski definition) is 2. The molecule has 0 spiro atoms. The lowest BCUT2D eigenvalue weighted by Crippen LogP contribution is -2.31. The monoisotopic (exact) mass is 515 g/mol. The Labute approximate surface area is 209 Å². The van der Waals surface area contributed by atoms with Crippen LogP contribution in [-0.2, 0) is 16.6 Å². The molecular weight excluding hydrogens is 486 g/mol. The lowest BCUT2D eigenvalue weighted by atomic mass is 10.1. The summed E-state index contributed by atoms with van der Waals surface area (Å²) < 4.78 is 34.9. The van der Waals surface area contributed by atoms with Crippen LogP contribution in [0.15, 0.2) is 35.2 Å². The molecule has 1 amide bonds. The number of anilines is 1. The molecule has 0 radical (unpaired) electrons. The van der Waals surface area contributed by atoms with Crippen LogP contribution in [-0.4, -0.2) is 67.7 Å². The summed E-state index contributed by atoms with van der Waals surface area (Å²) in [6, 6.07) is 7.35. The maximum atomic E-state index is 13.3. The first kappa shape index (κ1) is 25.7. The molecule has 1 atom stereocenters. The quantitative estimate of drug-likeness (QED) is 0.460. The number of aliphatic hydroxyl groups is 1. The molecule has 1 aliphatic heterocycles. The number of tetrazole rings is 1. The summed E-state index contributed by atoms with van der Waals surface area (Å²) in [7, 11) is -3.73. The maximum Gasteiger partial charge on any atom is 0.260 e. The van der Waals surface area contributed by atoms with Gasteiger partial charge in [0.25, 0.3) is 5.91 Å². The number of aromatic nitrogens is 5. The van der Waals surface area contributed by atoms with Gasteiger partial charge in [-0.15, -0.1) is 5.10 Å².